The van der Waals surface area contributed by atoms with Crippen LogP contribution in [0.25, 0.3) is 10.4 Å². The van der Waals surface area contributed by atoms with Crippen LogP contribution in [0.5, 0.6) is 0 Å². The van der Waals surface area contributed by atoms with Crippen molar-refractivity contribution < 1.29 is 4.79 Å². The summed E-state index contributed by atoms with van der Waals surface area (Å²) in [6.45, 7) is 0.303. The minimum Gasteiger partial charge on any atom is -0.293 e. The summed E-state index contributed by atoms with van der Waals surface area (Å²) in [6.07, 6.45) is 0.280. The topological polar surface area (TPSA) is 89.6 Å². The zero-order valence-corrected chi connectivity index (χ0v) is 9.63. The number of benzene rings is 1. The molecule has 1 aromatic carbocycles. The molecule has 0 aliphatic rings. The second-order valence-corrected chi connectivity index (χ2v) is 3.31. The Kier molecular flexibility index (Phi) is 5.56. The molecule has 18 heavy (non-hydrogen) atoms. The lowest BCUT2D eigenvalue weighted by molar-refractivity contribution is 0.0997. The number of azide groups is 1. The molecule has 0 aliphatic carbocycles. The minimum atomic E-state index is -0.238. The van der Waals surface area contributed by atoms with E-state index in [1.54, 1.807) is 24.3 Å². The predicted octanol–water partition coefficient (Wildman–Crippen LogP) is 2.83. The number of ketones is 1. The van der Waals surface area contributed by atoms with Crippen LogP contribution in [-0.2, 0) is 0 Å². The molecule has 5 nitrogen and oxygen atoms in total. The van der Waals surface area contributed by atoms with Crippen LogP contribution >= 0.6 is 0 Å². The summed E-state index contributed by atoms with van der Waals surface area (Å²) in [5, 5.41) is 11.9. The Bertz CT molecular complexity index is 583. The quantitative estimate of drug-likeness (QED) is 0.201. The predicted molar refractivity (Wildman–Crippen MR) is 66.5 cm³/mol. The van der Waals surface area contributed by atoms with Crippen molar-refractivity contribution in [1.29, 1.82) is 5.26 Å². The molecule has 1 aromatic rings. The van der Waals surface area contributed by atoms with Crippen LogP contribution in [0.1, 0.15) is 28.8 Å². The van der Waals surface area contributed by atoms with E-state index in [2.05, 4.69) is 21.9 Å². The maximum Gasteiger partial charge on any atom is 0.178 e. The van der Waals surface area contributed by atoms with Crippen LogP contribution < -0.4 is 0 Å². The van der Waals surface area contributed by atoms with E-state index in [9.17, 15) is 4.79 Å². The maximum absolute atomic E-state index is 11.6. The number of carbonyl (C=O) groups excluding carboxylic acids is 1. The third-order valence-corrected chi connectivity index (χ3v) is 2.09. The van der Waals surface area contributed by atoms with Gasteiger partial charge in [0.25, 0.3) is 0 Å². The average molecular weight is 238 g/mol. The van der Waals surface area contributed by atoms with Gasteiger partial charge in [0.2, 0.25) is 0 Å². The summed E-state index contributed by atoms with van der Waals surface area (Å²) in [5.74, 6) is 5.43. The summed E-state index contributed by atoms with van der Waals surface area (Å²) in [5.41, 5.74) is 9.14. The highest BCUT2D eigenvalue weighted by atomic mass is 16.1. The van der Waals surface area contributed by atoms with Gasteiger partial charge in [-0.15, -0.1) is 0 Å². The molecule has 0 bridgehead atoms. The first kappa shape index (κ1) is 13.3. The SMILES string of the molecule is N#CCC(=O)c1ccccc1C#CCCN=[N+]=[N-]. The molecule has 0 amide bonds. The third-order valence-electron chi connectivity index (χ3n) is 2.09. The molecule has 0 heterocycles. The van der Waals surface area contributed by atoms with Crippen molar-refractivity contribution in [3.8, 4) is 17.9 Å². The normalized spacial score (nSPS) is 8.39. The summed E-state index contributed by atoms with van der Waals surface area (Å²) >= 11 is 0. The molecule has 0 saturated carbocycles. The summed E-state index contributed by atoms with van der Waals surface area (Å²) in [7, 11) is 0. The Morgan fingerprint density at radius 1 is 1.44 bits per heavy atom. The Hall–Kier alpha value is -2.75. The van der Waals surface area contributed by atoms with Crippen molar-refractivity contribution in [2.45, 2.75) is 12.8 Å². The standard InChI is InChI=1S/C13H10N4O/c14-9-8-13(18)12-7-2-1-5-11(12)6-3-4-10-16-17-15/h1-2,5,7H,4,8,10H2. The zero-order chi connectivity index (χ0) is 13.2. The molecule has 0 aliphatic heterocycles. The Labute approximate surface area is 105 Å². The third kappa shape index (κ3) is 4.02. The van der Waals surface area contributed by atoms with E-state index in [1.807, 2.05) is 6.07 Å². The number of nitriles is 1. The van der Waals surface area contributed by atoms with Crippen LogP contribution in [0, 0.1) is 23.2 Å². The summed E-state index contributed by atoms with van der Waals surface area (Å²) in [4.78, 5) is 14.3. The van der Waals surface area contributed by atoms with Gasteiger partial charge >= 0.3 is 0 Å². The van der Waals surface area contributed by atoms with Crippen LogP contribution in [0.15, 0.2) is 29.4 Å². The molecule has 5 heteroatoms. The molecule has 0 radical (unpaired) electrons. The van der Waals surface area contributed by atoms with Crippen LogP contribution in [0.3, 0.4) is 0 Å². The maximum atomic E-state index is 11.6. The van der Waals surface area contributed by atoms with Gasteiger partial charge in [0.05, 0.1) is 12.5 Å². The van der Waals surface area contributed by atoms with Gasteiger partial charge in [0.15, 0.2) is 5.78 Å². The lowest BCUT2D eigenvalue weighted by Crippen LogP contribution is -2.00. The number of carbonyl (C=O) groups is 1. The van der Waals surface area contributed by atoms with Gasteiger partial charge < -0.3 is 0 Å². The second-order valence-electron chi connectivity index (χ2n) is 3.31. The van der Waals surface area contributed by atoms with E-state index in [0.29, 0.717) is 24.1 Å². The molecule has 0 spiro atoms. The fourth-order valence-electron chi connectivity index (χ4n) is 1.31. The van der Waals surface area contributed by atoms with Crippen LogP contribution in [0.2, 0.25) is 0 Å². The highest BCUT2D eigenvalue weighted by Gasteiger charge is 2.08. The lowest BCUT2D eigenvalue weighted by atomic mass is 10.0. The summed E-state index contributed by atoms with van der Waals surface area (Å²) in [6, 6.07) is 8.71. The first-order valence-corrected chi connectivity index (χ1v) is 5.28. The number of nitrogens with zero attached hydrogens (tertiary/aromatic N) is 4. The van der Waals surface area contributed by atoms with E-state index in [1.165, 1.54) is 0 Å². The van der Waals surface area contributed by atoms with Gasteiger partial charge in [0, 0.05) is 29.0 Å². The first-order valence-electron chi connectivity index (χ1n) is 5.28. The highest BCUT2D eigenvalue weighted by Crippen LogP contribution is 2.09. The number of hydrogen-bond acceptors (Lipinski definition) is 3. The Morgan fingerprint density at radius 3 is 2.94 bits per heavy atom. The second kappa shape index (κ2) is 7.51. The van der Waals surface area contributed by atoms with Gasteiger partial charge in [-0.3, -0.25) is 4.79 Å². The molecule has 0 N–H and O–H groups in total. The Balaban J connectivity index is 2.85. The first-order chi connectivity index (χ1) is 8.79. The van der Waals surface area contributed by atoms with Gasteiger partial charge in [-0.1, -0.05) is 35.2 Å². The molecule has 0 unspecified atom stereocenters. The van der Waals surface area contributed by atoms with Crippen molar-refractivity contribution in [3.05, 3.63) is 45.8 Å². The summed E-state index contributed by atoms with van der Waals surface area (Å²) < 4.78 is 0. The fraction of sp³-hybridized carbons (Fsp3) is 0.231. The lowest BCUT2D eigenvalue weighted by Gasteiger charge is -1.99. The minimum absolute atomic E-state index is 0.155. The van der Waals surface area contributed by atoms with Gasteiger partial charge in [0.1, 0.15) is 0 Å². The smallest absolute Gasteiger partial charge is 0.178 e. The molecule has 0 atom stereocenters. The van der Waals surface area contributed by atoms with E-state index in [0.717, 1.165) is 0 Å². The number of rotatable bonds is 4. The Morgan fingerprint density at radius 2 is 2.22 bits per heavy atom. The molecule has 0 aromatic heterocycles. The van der Waals surface area contributed by atoms with Crippen molar-refractivity contribution in [2.75, 3.05) is 6.54 Å². The largest absolute Gasteiger partial charge is 0.293 e. The van der Waals surface area contributed by atoms with Gasteiger partial charge in [-0.05, 0) is 11.6 Å². The number of Topliss-reactive ketones (excluding diaryl/α,β-unsaturated/α-hetero) is 1. The van der Waals surface area contributed by atoms with Gasteiger partial charge in [-0.25, -0.2) is 0 Å². The van der Waals surface area contributed by atoms with E-state index in [-0.39, 0.29) is 12.2 Å². The zero-order valence-electron chi connectivity index (χ0n) is 9.63. The highest BCUT2D eigenvalue weighted by molar-refractivity contribution is 5.99. The fourth-order valence-corrected chi connectivity index (χ4v) is 1.31. The van der Waals surface area contributed by atoms with E-state index >= 15 is 0 Å². The molecule has 0 saturated heterocycles. The average Bonchev–Trinajstić information content (AvgIpc) is 2.39. The van der Waals surface area contributed by atoms with Crippen molar-refractivity contribution in [2.24, 2.45) is 5.11 Å². The monoisotopic (exact) mass is 238 g/mol. The molecular weight excluding hydrogens is 228 g/mol. The molecule has 1 rings (SSSR count). The van der Waals surface area contributed by atoms with Crippen molar-refractivity contribution >= 4 is 5.78 Å². The molecule has 0 fully saturated rings. The molecular formula is C13H10N4O. The van der Waals surface area contributed by atoms with Gasteiger partial charge in [-0.2, -0.15) is 5.26 Å². The number of hydrogen-bond donors (Lipinski definition) is 0. The van der Waals surface area contributed by atoms with Crippen LogP contribution in [0.4, 0.5) is 0 Å². The van der Waals surface area contributed by atoms with E-state index < -0.39 is 0 Å². The molecule has 88 valence electrons. The van der Waals surface area contributed by atoms with Crippen molar-refractivity contribution in [1.82, 2.24) is 0 Å². The van der Waals surface area contributed by atoms with Crippen molar-refractivity contribution in [3.63, 3.8) is 0 Å². The van der Waals surface area contributed by atoms with Crippen LogP contribution in [-0.4, -0.2) is 12.3 Å². The van der Waals surface area contributed by atoms with E-state index in [4.69, 9.17) is 10.8 Å².